The molecule has 0 unspecified atom stereocenters. The van der Waals surface area contributed by atoms with Crippen molar-refractivity contribution in [2.45, 2.75) is 64.7 Å². The number of carbonyl (C=O) groups excluding carboxylic acids is 1. The average molecular weight is 226 g/mol. The van der Waals surface area contributed by atoms with Crippen LogP contribution >= 0.6 is 0 Å². The van der Waals surface area contributed by atoms with Gasteiger partial charge in [0.2, 0.25) is 0 Å². The lowest BCUT2D eigenvalue weighted by Crippen LogP contribution is -2.05. The second-order valence-electron chi connectivity index (χ2n) is 4.17. The topological polar surface area (TPSA) is 26.3 Å². The Balaban J connectivity index is 3.15. The van der Waals surface area contributed by atoms with Crippen LogP contribution < -0.4 is 0 Å². The number of hydrogen-bond donors (Lipinski definition) is 0. The molecule has 0 atom stereocenters. The van der Waals surface area contributed by atoms with Crippen molar-refractivity contribution in [3.05, 3.63) is 12.7 Å². The number of hydrogen-bond acceptors (Lipinski definition) is 2. The van der Waals surface area contributed by atoms with E-state index in [1.165, 1.54) is 19.3 Å². The largest absolute Gasteiger partial charge is 0.466 e. The maximum absolute atomic E-state index is 11.3. The van der Waals surface area contributed by atoms with E-state index in [0.717, 1.165) is 32.1 Å². The summed E-state index contributed by atoms with van der Waals surface area (Å²) in [4.78, 5) is 11.3. The second-order valence-corrected chi connectivity index (χ2v) is 4.17. The fourth-order valence-electron chi connectivity index (χ4n) is 1.52. The van der Waals surface area contributed by atoms with E-state index in [0.29, 0.717) is 13.0 Å². The summed E-state index contributed by atoms with van der Waals surface area (Å²) in [6, 6.07) is 0. The maximum atomic E-state index is 11.3. The van der Waals surface area contributed by atoms with E-state index >= 15 is 0 Å². The molecule has 2 heteroatoms. The molecule has 0 rings (SSSR count). The highest BCUT2D eigenvalue weighted by Crippen LogP contribution is 2.06. The molecular formula is C14H26O2. The minimum Gasteiger partial charge on any atom is -0.466 e. The van der Waals surface area contributed by atoms with E-state index in [4.69, 9.17) is 4.74 Å². The van der Waals surface area contributed by atoms with Crippen LogP contribution in [-0.2, 0) is 9.53 Å². The van der Waals surface area contributed by atoms with Gasteiger partial charge in [0, 0.05) is 6.42 Å². The molecule has 0 saturated carbocycles. The third-order valence-corrected chi connectivity index (χ3v) is 2.55. The van der Waals surface area contributed by atoms with Crippen molar-refractivity contribution < 1.29 is 9.53 Å². The van der Waals surface area contributed by atoms with Gasteiger partial charge in [-0.15, -0.1) is 6.58 Å². The van der Waals surface area contributed by atoms with Crippen molar-refractivity contribution in [1.82, 2.24) is 0 Å². The molecule has 0 bridgehead atoms. The van der Waals surface area contributed by atoms with Crippen molar-refractivity contribution in [3.8, 4) is 0 Å². The molecule has 0 aliphatic rings. The number of esters is 1. The minimum absolute atomic E-state index is 0.0323. The molecule has 16 heavy (non-hydrogen) atoms. The normalized spacial score (nSPS) is 10.1. The molecule has 0 aliphatic heterocycles. The Labute approximate surface area is 100 Å². The molecule has 0 radical (unpaired) electrons. The van der Waals surface area contributed by atoms with Crippen LogP contribution in [-0.4, -0.2) is 12.6 Å². The molecule has 2 nitrogen and oxygen atoms in total. The zero-order chi connectivity index (χ0) is 12.1. The van der Waals surface area contributed by atoms with Crippen molar-refractivity contribution >= 4 is 5.97 Å². The Hall–Kier alpha value is -0.790. The summed E-state index contributed by atoms with van der Waals surface area (Å²) >= 11 is 0. The summed E-state index contributed by atoms with van der Waals surface area (Å²) in [7, 11) is 0. The lowest BCUT2D eigenvalue weighted by Gasteiger charge is -2.04. The van der Waals surface area contributed by atoms with Gasteiger partial charge < -0.3 is 4.74 Å². The van der Waals surface area contributed by atoms with Gasteiger partial charge in [-0.2, -0.15) is 0 Å². The summed E-state index contributed by atoms with van der Waals surface area (Å²) in [5.74, 6) is -0.0323. The van der Waals surface area contributed by atoms with Crippen LogP contribution in [0.3, 0.4) is 0 Å². The first kappa shape index (κ1) is 15.2. The number of rotatable bonds is 11. The van der Waals surface area contributed by atoms with Crippen LogP contribution in [0.1, 0.15) is 64.7 Å². The fraction of sp³-hybridized carbons (Fsp3) is 0.786. The number of ether oxygens (including phenoxy) is 1. The lowest BCUT2D eigenvalue weighted by atomic mass is 10.1. The summed E-state index contributed by atoms with van der Waals surface area (Å²) in [5, 5.41) is 0. The summed E-state index contributed by atoms with van der Waals surface area (Å²) in [5.41, 5.74) is 0. The molecule has 0 heterocycles. The molecule has 94 valence electrons. The Bertz CT molecular complexity index is 176. The Morgan fingerprint density at radius 1 is 1.12 bits per heavy atom. The van der Waals surface area contributed by atoms with Gasteiger partial charge in [0.05, 0.1) is 6.61 Å². The van der Waals surface area contributed by atoms with Crippen molar-refractivity contribution in [2.75, 3.05) is 6.61 Å². The van der Waals surface area contributed by atoms with Gasteiger partial charge in [-0.1, -0.05) is 38.7 Å². The Kier molecular flexibility index (Phi) is 11.7. The SMILES string of the molecule is C=CCCCCOC(=O)CCCCCCC. The second kappa shape index (κ2) is 12.3. The van der Waals surface area contributed by atoms with Crippen LogP contribution in [0.4, 0.5) is 0 Å². The third kappa shape index (κ3) is 11.3. The molecule has 0 aliphatic carbocycles. The first-order chi connectivity index (χ1) is 7.81. The Morgan fingerprint density at radius 3 is 2.56 bits per heavy atom. The smallest absolute Gasteiger partial charge is 0.305 e. The molecule has 0 N–H and O–H groups in total. The molecule has 0 spiro atoms. The van der Waals surface area contributed by atoms with E-state index < -0.39 is 0 Å². The highest BCUT2D eigenvalue weighted by molar-refractivity contribution is 5.69. The standard InChI is InChI=1S/C14H26O2/c1-3-5-7-9-10-12-14(15)16-13-11-8-6-4-2/h4H,2-3,5-13H2,1H3. The number of unbranched alkanes of at least 4 members (excludes halogenated alkanes) is 6. The number of carbonyl (C=O) groups is 1. The first-order valence-corrected chi connectivity index (χ1v) is 6.57. The quantitative estimate of drug-likeness (QED) is 0.299. The molecule has 0 saturated heterocycles. The molecule has 0 aromatic heterocycles. The molecule has 0 fully saturated rings. The van der Waals surface area contributed by atoms with E-state index in [-0.39, 0.29) is 5.97 Å². The molecular weight excluding hydrogens is 200 g/mol. The molecule has 0 aromatic rings. The van der Waals surface area contributed by atoms with Gasteiger partial charge in [0.15, 0.2) is 0 Å². The zero-order valence-corrected chi connectivity index (χ0v) is 10.7. The van der Waals surface area contributed by atoms with E-state index in [9.17, 15) is 4.79 Å². The van der Waals surface area contributed by atoms with Gasteiger partial charge in [-0.05, 0) is 25.7 Å². The van der Waals surface area contributed by atoms with E-state index in [1.54, 1.807) is 0 Å². The monoisotopic (exact) mass is 226 g/mol. The molecule has 0 aromatic carbocycles. The minimum atomic E-state index is -0.0323. The van der Waals surface area contributed by atoms with Crippen molar-refractivity contribution in [1.29, 1.82) is 0 Å². The fourth-order valence-corrected chi connectivity index (χ4v) is 1.52. The molecule has 0 amide bonds. The van der Waals surface area contributed by atoms with Crippen LogP contribution in [0.15, 0.2) is 12.7 Å². The van der Waals surface area contributed by atoms with Gasteiger partial charge in [0.1, 0.15) is 0 Å². The van der Waals surface area contributed by atoms with Gasteiger partial charge in [-0.25, -0.2) is 0 Å². The predicted molar refractivity (Wildman–Crippen MR) is 68.4 cm³/mol. The third-order valence-electron chi connectivity index (χ3n) is 2.55. The summed E-state index contributed by atoms with van der Waals surface area (Å²) in [6.45, 7) is 6.41. The van der Waals surface area contributed by atoms with Crippen molar-refractivity contribution in [2.24, 2.45) is 0 Å². The van der Waals surface area contributed by atoms with Crippen LogP contribution in [0, 0.1) is 0 Å². The van der Waals surface area contributed by atoms with E-state index in [1.807, 2.05) is 6.08 Å². The maximum Gasteiger partial charge on any atom is 0.305 e. The summed E-state index contributed by atoms with van der Waals surface area (Å²) in [6.07, 6.45) is 11.4. The van der Waals surface area contributed by atoms with E-state index in [2.05, 4.69) is 13.5 Å². The first-order valence-electron chi connectivity index (χ1n) is 6.57. The van der Waals surface area contributed by atoms with Gasteiger partial charge >= 0.3 is 5.97 Å². The zero-order valence-electron chi connectivity index (χ0n) is 10.7. The summed E-state index contributed by atoms with van der Waals surface area (Å²) < 4.78 is 5.12. The lowest BCUT2D eigenvalue weighted by molar-refractivity contribution is -0.143. The average Bonchev–Trinajstić information content (AvgIpc) is 2.28. The van der Waals surface area contributed by atoms with Crippen LogP contribution in [0.2, 0.25) is 0 Å². The van der Waals surface area contributed by atoms with Crippen LogP contribution in [0.25, 0.3) is 0 Å². The van der Waals surface area contributed by atoms with Gasteiger partial charge in [-0.3, -0.25) is 4.79 Å². The van der Waals surface area contributed by atoms with Crippen molar-refractivity contribution in [3.63, 3.8) is 0 Å². The van der Waals surface area contributed by atoms with Gasteiger partial charge in [0.25, 0.3) is 0 Å². The highest BCUT2D eigenvalue weighted by atomic mass is 16.5. The number of allylic oxidation sites excluding steroid dienone is 1. The van der Waals surface area contributed by atoms with Crippen LogP contribution in [0.5, 0.6) is 0 Å². The Morgan fingerprint density at radius 2 is 1.88 bits per heavy atom. The highest BCUT2D eigenvalue weighted by Gasteiger charge is 2.01. The predicted octanol–water partition coefficient (Wildman–Crippen LogP) is 4.25.